The van der Waals surface area contributed by atoms with E-state index in [1.54, 1.807) is 0 Å². The van der Waals surface area contributed by atoms with Gasteiger partial charge in [0.2, 0.25) is 0 Å². The average Bonchev–Trinajstić information content (AvgIpc) is 3.18. The van der Waals surface area contributed by atoms with Gasteiger partial charge in [-0.25, -0.2) is 0 Å². The molecule has 0 radical (unpaired) electrons. The van der Waals surface area contributed by atoms with E-state index < -0.39 is 0 Å². The number of hydrogen-bond donors (Lipinski definition) is 0. The van der Waals surface area contributed by atoms with Gasteiger partial charge in [0.1, 0.15) is 16.9 Å². The minimum absolute atomic E-state index is 0.989. The molecule has 0 atom stereocenters. The third-order valence-corrected chi connectivity index (χ3v) is 5.59. The van der Waals surface area contributed by atoms with Gasteiger partial charge in [-0.2, -0.15) is 4.57 Å². The van der Waals surface area contributed by atoms with Gasteiger partial charge in [-0.1, -0.05) is 58.2 Å². The normalized spacial score (nSPS) is 11.6. The first kappa shape index (κ1) is 19.1. The van der Waals surface area contributed by atoms with Crippen LogP contribution in [0.15, 0.2) is 84.9 Å². The Hall–Kier alpha value is -3.92. The largest absolute Gasteiger partial charge is 0.378 e. The number of para-hydroxylation sites is 1. The second-order valence-corrected chi connectivity index (χ2v) is 7.95. The molecule has 0 unspecified atom stereocenters. The van der Waals surface area contributed by atoms with Crippen molar-refractivity contribution < 1.29 is 4.57 Å². The van der Waals surface area contributed by atoms with Gasteiger partial charge in [0.05, 0.1) is 5.39 Å². The van der Waals surface area contributed by atoms with Crippen LogP contribution in [0.3, 0.4) is 0 Å². The lowest BCUT2D eigenvalue weighted by atomic mass is 10.1. The van der Waals surface area contributed by atoms with Gasteiger partial charge < -0.3 is 4.90 Å². The van der Waals surface area contributed by atoms with Crippen molar-refractivity contribution in [3.63, 3.8) is 0 Å². The van der Waals surface area contributed by atoms with E-state index >= 15 is 0 Å². The van der Waals surface area contributed by atoms with E-state index in [9.17, 15) is 0 Å². The summed E-state index contributed by atoms with van der Waals surface area (Å²) in [4.78, 5) is 2.11. The van der Waals surface area contributed by atoms with E-state index in [0.717, 1.165) is 39.2 Å². The third kappa shape index (κ3) is 3.46. The topological polar surface area (TPSA) is 24.4 Å². The van der Waals surface area contributed by atoms with Crippen LogP contribution in [0.4, 0.5) is 5.69 Å². The number of rotatable bonds is 4. The Bertz CT molecular complexity index is 1390. The maximum atomic E-state index is 4.93. The molecule has 0 bridgehead atoms. The van der Waals surface area contributed by atoms with Crippen LogP contribution in [0, 0.1) is 6.92 Å². The quantitative estimate of drug-likeness (QED) is 0.379. The average molecular weight is 406 g/mol. The van der Waals surface area contributed by atoms with Crippen molar-refractivity contribution in [1.29, 1.82) is 0 Å². The molecule has 2 heterocycles. The molecule has 4 nitrogen and oxygen atoms in total. The monoisotopic (exact) mass is 405 g/mol. The molecule has 152 valence electrons. The first-order valence-corrected chi connectivity index (χ1v) is 10.5. The van der Waals surface area contributed by atoms with Crippen molar-refractivity contribution in [3.05, 3.63) is 102 Å². The summed E-state index contributed by atoms with van der Waals surface area (Å²) in [5.41, 5.74) is 7.75. The number of hydrogen-bond acceptors (Lipinski definition) is 2. The Morgan fingerprint density at radius 1 is 0.839 bits per heavy atom. The molecule has 0 aliphatic carbocycles. The minimum Gasteiger partial charge on any atom is -0.378 e. The number of aryl methyl sites for hydroxylation is 1. The molecule has 31 heavy (non-hydrogen) atoms. The molecular weight excluding hydrogens is 380 g/mol. The van der Waals surface area contributed by atoms with Gasteiger partial charge in [-0.3, -0.25) is 0 Å². The van der Waals surface area contributed by atoms with E-state index in [0.29, 0.717) is 0 Å². The summed E-state index contributed by atoms with van der Waals surface area (Å²) in [6.45, 7) is 2.15. The first-order valence-electron chi connectivity index (χ1n) is 10.5. The van der Waals surface area contributed by atoms with Gasteiger partial charge in [-0.05, 0) is 55.0 Å². The molecule has 0 aliphatic rings. The highest BCUT2D eigenvalue weighted by Crippen LogP contribution is 2.22. The molecule has 0 saturated carbocycles. The lowest BCUT2D eigenvalue weighted by Gasteiger charge is -2.11. The molecule has 0 N–H and O–H groups in total. The number of fused-ring (bicyclic) bond motifs is 3. The number of benzene rings is 3. The second kappa shape index (κ2) is 7.73. The molecule has 5 rings (SSSR count). The zero-order valence-electron chi connectivity index (χ0n) is 18.0. The van der Waals surface area contributed by atoms with E-state index in [-0.39, 0.29) is 0 Å². The van der Waals surface area contributed by atoms with Crippen LogP contribution >= 0.6 is 0 Å². The Morgan fingerprint density at radius 3 is 2.29 bits per heavy atom. The second-order valence-electron chi connectivity index (χ2n) is 7.95. The Kier molecular flexibility index (Phi) is 4.75. The molecule has 4 heteroatoms. The first-order chi connectivity index (χ1) is 15.1. The highest BCUT2D eigenvalue weighted by Gasteiger charge is 2.22. The van der Waals surface area contributed by atoms with Crippen molar-refractivity contribution >= 4 is 34.4 Å². The molecule has 5 aromatic rings. The maximum Gasteiger partial charge on any atom is 0.322 e. The Balaban J connectivity index is 1.69. The molecule has 3 aromatic carbocycles. The third-order valence-electron chi connectivity index (χ3n) is 5.59. The maximum absolute atomic E-state index is 4.93. The van der Waals surface area contributed by atoms with Gasteiger partial charge in [-0.15, -0.1) is 0 Å². The zero-order valence-corrected chi connectivity index (χ0v) is 18.0. The lowest BCUT2D eigenvalue weighted by Crippen LogP contribution is -2.37. The van der Waals surface area contributed by atoms with Crippen LogP contribution in [-0.2, 0) is 0 Å². The number of aromatic nitrogens is 3. The van der Waals surface area contributed by atoms with E-state index in [2.05, 4.69) is 120 Å². The molecule has 0 fully saturated rings. The van der Waals surface area contributed by atoms with Gasteiger partial charge in [0.15, 0.2) is 5.69 Å². The molecule has 0 amide bonds. The number of nitrogens with zero attached hydrogens (tertiary/aromatic N) is 4. The minimum atomic E-state index is 0.989. The van der Waals surface area contributed by atoms with Gasteiger partial charge in [0.25, 0.3) is 0 Å². The van der Waals surface area contributed by atoms with Crippen molar-refractivity contribution in [3.8, 4) is 5.69 Å². The van der Waals surface area contributed by atoms with Crippen molar-refractivity contribution in [1.82, 2.24) is 9.61 Å². The summed E-state index contributed by atoms with van der Waals surface area (Å²) >= 11 is 0. The summed E-state index contributed by atoms with van der Waals surface area (Å²) in [6.07, 6.45) is 4.29. The van der Waals surface area contributed by atoms with Gasteiger partial charge >= 0.3 is 5.65 Å². The fourth-order valence-corrected chi connectivity index (χ4v) is 4.01. The summed E-state index contributed by atoms with van der Waals surface area (Å²) in [5.74, 6) is 0. The Labute approximate surface area is 182 Å². The number of anilines is 1. The molecular formula is C27H25N4+. The summed E-state index contributed by atoms with van der Waals surface area (Å²) in [6, 6.07) is 29.5. The van der Waals surface area contributed by atoms with Crippen LogP contribution < -0.4 is 9.47 Å². The van der Waals surface area contributed by atoms with Crippen molar-refractivity contribution in [2.75, 3.05) is 19.0 Å². The van der Waals surface area contributed by atoms with E-state index in [1.807, 2.05) is 12.1 Å². The standard InChI is InChI=1S/C27H25N4/c1-20-19-24(18-15-21-13-16-22(17-14-21)29(2)3)31-27(25-11-7-8-12-26(25)28-31)30(20)23-9-5-4-6-10-23/h4-19H,1-3H3/q+1. The van der Waals surface area contributed by atoms with Gasteiger partial charge in [0, 0.05) is 25.8 Å². The zero-order chi connectivity index (χ0) is 21.4. The summed E-state index contributed by atoms with van der Waals surface area (Å²) in [5, 5.41) is 6.07. The fourth-order valence-electron chi connectivity index (χ4n) is 4.01. The SMILES string of the molecule is Cc1cc(/C=C/c2ccc(N(C)C)cc2)n2nc3ccccc3c2[n+]1-c1ccccc1. The predicted molar refractivity (Wildman–Crippen MR) is 129 cm³/mol. The van der Waals surface area contributed by atoms with Crippen LogP contribution in [0.5, 0.6) is 0 Å². The highest BCUT2D eigenvalue weighted by molar-refractivity contribution is 5.91. The van der Waals surface area contributed by atoms with Crippen molar-refractivity contribution in [2.24, 2.45) is 0 Å². The summed E-state index contributed by atoms with van der Waals surface area (Å²) in [7, 11) is 4.11. The van der Waals surface area contributed by atoms with Crippen LogP contribution in [0.1, 0.15) is 17.0 Å². The molecule has 0 saturated heterocycles. The Morgan fingerprint density at radius 2 is 1.55 bits per heavy atom. The lowest BCUT2D eigenvalue weighted by molar-refractivity contribution is -0.577. The molecule has 0 aliphatic heterocycles. The fraction of sp³-hybridized carbons (Fsp3) is 0.111. The molecule has 0 spiro atoms. The van der Waals surface area contributed by atoms with E-state index in [4.69, 9.17) is 5.10 Å². The predicted octanol–water partition coefficient (Wildman–Crippen LogP) is 5.31. The van der Waals surface area contributed by atoms with Crippen LogP contribution in [0.2, 0.25) is 0 Å². The van der Waals surface area contributed by atoms with Crippen molar-refractivity contribution in [2.45, 2.75) is 6.92 Å². The van der Waals surface area contributed by atoms with E-state index in [1.165, 1.54) is 5.69 Å². The smallest absolute Gasteiger partial charge is 0.322 e. The van der Waals surface area contributed by atoms with Crippen LogP contribution in [0.25, 0.3) is 34.4 Å². The molecule has 2 aromatic heterocycles. The summed E-state index contributed by atoms with van der Waals surface area (Å²) < 4.78 is 4.33. The highest BCUT2D eigenvalue weighted by atomic mass is 15.3. The van der Waals surface area contributed by atoms with Crippen LogP contribution in [-0.4, -0.2) is 23.7 Å².